The van der Waals surface area contributed by atoms with Crippen LogP contribution in [0.25, 0.3) is 0 Å². The molecule has 0 aliphatic heterocycles. The number of aliphatic hydroxyl groups is 1. The van der Waals surface area contributed by atoms with Gasteiger partial charge in [-0.3, -0.25) is 4.79 Å². The Balaban J connectivity index is 1.53. The molecular weight excluding hydrogens is 368 g/mol. The summed E-state index contributed by atoms with van der Waals surface area (Å²) in [5, 5.41) is 11.6. The van der Waals surface area contributed by atoms with E-state index in [1.54, 1.807) is 0 Å². The van der Waals surface area contributed by atoms with Gasteiger partial charge in [0.05, 0.1) is 6.10 Å². The molecule has 10 atom stereocenters. The van der Waals surface area contributed by atoms with Crippen LogP contribution in [-0.4, -0.2) is 17.0 Å². The predicted molar refractivity (Wildman–Crippen MR) is 124 cm³/mol. The fourth-order valence-electron chi connectivity index (χ4n) is 8.79. The second kappa shape index (κ2) is 8.05. The second-order valence-electron chi connectivity index (χ2n) is 12.7. The molecule has 0 spiro atoms. The van der Waals surface area contributed by atoms with Gasteiger partial charge in [0, 0.05) is 6.42 Å². The normalized spacial score (nSPS) is 47.5. The first-order chi connectivity index (χ1) is 14.1. The predicted octanol–water partition coefficient (Wildman–Crippen LogP) is 6.67. The maximum atomic E-state index is 12.1. The Morgan fingerprint density at radius 3 is 2.50 bits per heavy atom. The molecular formula is C28H46O2. The van der Waals surface area contributed by atoms with Gasteiger partial charge in [0.2, 0.25) is 0 Å². The summed E-state index contributed by atoms with van der Waals surface area (Å²) in [5.41, 5.74) is 0.298. The summed E-state index contributed by atoms with van der Waals surface area (Å²) in [6, 6.07) is 0. The molecule has 0 radical (unpaired) electrons. The Kier molecular flexibility index (Phi) is 6.06. The van der Waals surface area contributed by atoms with Gasteiger partial charge in [-0.2, -0.15) is 0 Å². The standard InChI is InChI=1S/C28H46O2/c1-17(2)18(3)7-8-19(4)23-11-12-24-22-10-9-20-15-21(29)13-14-27(20,5)26(22)25(30)16-28(23,24)6/h13-14,17-20,22-26,30H,7-12,15-16H2,1-6H3/t18-,19+,20-,22-,23-,24+,25+,26-,27-,28+/m0/s1. The highest BCUT2D eigenvalue weighted by molar-refractivity contribution is 5.91. The van der Waals surface area contributed by atoms with Crippen LogP contribution in [0.2, 0.25) is 0 Å². The van der Waals surface area contributed by atoms with Crippen molar-refractivity contribution in [3.63, 3.8) is 0 Å². The van der Waals surface area contributed by atoms with Crippen molar-refractivity contribution < 1.29 is 9.90 Å². The van der Waals surface area contributed by atoms with E-state index in [1.807, 2.05) is 6.08 Å². The molecule has 3 saturated carbocycles. The molecule has 0 aromatic carbocycles. The van der Waals surface area contributed by atoms with Gasteiger partial charge in [0.25, 0.3) is 0 Å². The van der Waals surface area contributed by atoms with E-state index in [0.717, 1.165) is 36.0 Å². The average Bonchev–Trinajstić information content (AvgIpc) is 3.02. The number of hydrogen-bond acceptors (Lipinski definition) is 2. The minimum atomic E-state index is -0.218. The lowest BCUT2D eigenvalue weighted by molar-refractivity contribution is -0.153. The summed E-state index contributed by atoms with van der Waals surface area (Å²) < 4.78 is 0. The Labute approximate surface area is 185 Å². The molecule has 30 heavy (non-hydrogen) atoms. The second-order valence-corrected chi connectivity index (χ2v) is 12.7. The van der Waals surface area contributed by atoms with Crippen molar-refractivity contribution in [1.82, 2.24) is 0 Å². The highest BCUT2D eigenvalue weighted by atomic mass is 16.3. The summed E-state index contributed by atoms with van der Waals surface area (Å²) in [6.45, 7) is 14.5. The van der Waals surface area contributed by atoms with Crippen molar-refractivity contribution in [2.24, 2.45) is 58.2 Å². The van der Waals surface area contributed by atoms with Crippen LogP contribution in [0.15, 0.2) is 12.2 Å². The Morgan fingerprint density at radius 1 is 1.07 bits per heavy atom. The van der Waals surface area contributed by atoms with Crippen LogP contribution in [-0.2, 0) is 4.79 Å². The zero-order chi connectivity index (χ0) is 21.8. The van der Waals surface area contributed by atoms with Crippen LogP contribution in [0.4, 0.5) is 0 Å². The fourth-order valence-corrected chi connectivity index (χ4v) is 8.79. The van der Waals surface area contributed by atoms with Crippen LogP contribution in [0.3, 0.4) is 0 Å². The smallest absolute Gasteiger partial charge is 0.155 e. The van der Waals surface area contributed by atoms with Gasteiger partial charge in [-0.1, -0.05) is 60.5 Å². The van der Waals surface area contributed by atoms with E-state index < -0.39 is 0 Å². The van der Waals surface area contributed by atoms with Gasteiger partial charge in [-0.15, -0.1) is 0 Å². The largest absolute Gasteiger partial charge is 0.393 e. The average molecular weight is 415 g/mol. The first-order valence-electron chi connectivity index (χ1n) is 13.0. The molecule has 2 nitrogen and oxygen atoms in total. The van der Waals surface area contributed by atoms with Gasteiger partial charge in [-0.25, -0.2) is 0 Å². The molecule has 170 valence electrons. The molecule has 3 fully saturated rings. The molecule has 2 heteroatoms. The van der Waals surface area contributed by atoms with Gasteiger partial charge in [0.1, 0.15) is 0 Å². The third-order valence-electron chi connectivity index (χ3n) is 10.9. The number of ketones is 1. The van der Waals surface area contributed by atoms with Gasteiger partial charge in [0.15, 0.2) is 5.78 Å². The lowest BCUT2D eigenvalue weighted by atomic mass is 9.44. The first kappa shape index (κ1) is 22.6. The van der Waals surface area contributed by atoms with E-state index in [1.165, 1.54) is 38.5 Å². The fraction of sp³-hybridized carbons (Fsp3) is 0.893. The molecule has 1 N–H and O–H groups in total. The van der Waals surface area contributed by atoms with E-state index in [0.29, 0.717) is 29.6 Å². The van der Waals surface area contributed by atoms with E-state index in [9.17, 15) is 9.90 Å². The maximum absolute atomic E-state index is 12.1. The number of rotatable bonds is 5. The topological polar surface area (TPSA) is 37.3 Å². The van der Waals surface area contributed by atoms with Crippen LogP contribution in [0.1, 0.15) is 92.9 Å². The minimum Gasteiger partial charge on any atom is -0.393 e. The lowest BCUT2D eigenvalue weighted by Crippen LogP contribution is -2.58. The highest BCUT2D eigenvalue weighted by Crippen LogP contribution is 2.67. The molecule has 0 aromatic heterocycles. The van der Waals surface area contributed by atoms with E-state index in [2.05, 4.69) is 47.6 Å². The third-order valence-corrected chi connectivity index (χ3v) is 10.9. The number of aliphatic hydroxyl groups excluding tert-OH is 1. The zero-order valence-corrected chi connectivity index (χ0v) is 20.4. The molecule has 0 saturated heterocycles. The maximum Gasteiger partial charge on any atom is 0.155 e. The Hall–Kier alpha value is -0.630. The van der Waals surface area contributed by atoms with Crippen molar-refractivity contribution >= 4 is 5.78 Å². The van der Waals surface area contributed by atoms with Crippen LogP contribution < -0.4 is 0 Å². The van der Waals surface area contributed by atoms with E-state index in [4.69, 9.17) is 0 Å². The van der Waals surface area contributed by atoms with Crippen molar-refractivity contribution in [1.29, 1.82) is 0 Å². The summed E-state index contributed by atoms with van der Waals surface area (Å²) in [4.78, 5) is 12.1. The number of carbonyl (C=O) groups excluding carboxylic acids is 1. The van der Waals surface area contributed by atoms with Gasteiger partial charge >= 0.3 is 0 Å². The molecule has 0 unspecified atom stereocenters. The van der Waals surface area contributed by atoms with Gasteiger partial charge in [-0.05, 0) is 96.4 Å². The van der Waals surface area contributed by atoms with Gasteiger partial charge < -0.3 is 5.11 Å². The molecule has 4 aliphatic carbocycles. The Bertz CT molecular complexity index is 680. The first-order valence-corrected chi connectivity index (χ1v) is 13.0. The molecule has 0 heterocycles. The minimum absolute atomic E-state index is 0.00791. The van der Waals surface area contributed by atoms with Crippen molar-refractivity contribution in [3.8, 4) is 0 Å². The zero-order valence-electron chi connectivity index (χ0n) is 20.4. The quantitative estimate of drug-likeness (QED) is 0.545. The molecule has 4 rings (SSSR count). The number of carbonyl (C=O) groups is 1. The highest BCUT2D eigenvalue weighted by Gasteiger charge is 2.62. The van der Waals surface area contributed by atoms with Crippen LogP contribution in [0, 0.1) is 58.2 Å². The van der Waals surface area contributed by atoms with Crippen LogP contribution >= 0.6 is 0 Å². The molecule has 0 bridgehead atoms. The Morgan fingerprint density at radius 2 is 1.80 bits per heavy atom. The summed E-state index contributed by atoms with van der Waals surface area (Å²) >= 11 is 0. The summed E-state index contributed by atoms with van der Waals surface area (Å²) in [5.74, 6) is 5.53. The third kappa shape index (κ3) is 3.54. The summed E-state index contributed by atoms with van der Waals surface area (Å²) in [7, 11) is 0. The molecule has 0 aromatic rings. The van der Waals surface area contributed by atoms with E-state index >= 15 is 0 Å². The number of hydrogen-bond donors (Lipinski definition) is 1. The monoisotopic (exact) mass is 414 g/mol. The van der Waals surface area contributed by atoms with Crippen LogP contribution in [0.5, 0.6) is 0 Å². The molecule has 0 amide bonds. The lowest BCUT2D eigenvalue weighted by Gasteiger charge is -2.61. The number of allylic oxidation sites excluding steroid dienone is 2. The van der Waals surface area contributed by atoms with Crippen molar-refractivity contribution in [2.75, 3.05) is 0 Å². The van der Waals surface area contributed by atoms with E-state index in [-0.39, 0.29) is 17.3 Å². The molecule has 4 aliphatic rings. The van der Waals surface area contributed by atoms with Crippen molar-refractivity contribution in [2.45, 2.75) is 99.0 Å². The summed E-state index contributed by atoms with van der Waals surface area (Å²) in [6.07, 6.45) is 13.2. The van der Waals surface area contributed by atoms with Crippen molar-refractivity contribution in [3.05, 3.63) is 12.2 Å². The number of fused-ring (bicyclic) bond motifs is 5. The SMILES string of the molecule is CC(C)[C@@H](C)CC[C@@H](C)[C@@H]1CC[C@@H]2[C@@H]3CC[C@H]4CC(=O)C=C[C@]4(C)[C@@H]3[C@H](O)C[C@@]21C.